The number of amides is 1. The van der Waals surface area contributed by atoms with E-state index >= 15 is 0 Å². The van der Waals surface area contributed by atoms with Gasteiger partial charge < -0.3 is 10.4 Å². The molecule has 0 unspecified atom stereocenters. The Kier molecular flexibility index (Phi) is 4.83. The molecule has 1 heterocycles. The summed E-state index contributed by atoms with van der Waals surface area (Å²) < 4.78 is 0. The summed E-state index contributed by atoms with van der Waals surface area (Å²) in [6.45, 7) is 0.207. The number of carboxylic acid groups (broad SMARTS) is 1. The lowest BCUT2D eigenvalue weighted by atomic mass is 10.2. The van der Waals surface area contributed by atoms with Crippen molar-refractivity contribution in [3.63, 3.8) is 0 Å². The van der Waals surface area contributed by atoms with Gasteiger partial charge in [-0.05, 0) is 17.9 Å². The topological polar surface area (TPSA) is 66.4 Å². The monoisotopic (exact) mass is 227 g/mol. The molecule has 0 aliphatic rings. The first-order chi connectivity index (χ1) is 7.18. The zero-order valence-electron chi connectivity index (χ0n) is 8.23. The zero-order valence-corrected chi connectivity index (χ0v) is 9.05. The molecule has 0 atom stereocenters. The van der Waals surface area contributed by atoms with Crippen LogP contribution in [0, 0.1) is 0 Å². The molecule has 0 aliphatic heterocycles. The lowest BCUT2D eigenvalue weighted by Crippen LogP contribution is -2.26. The van der Waals surface area contributed by atoms with Gasteiger partial charge in [0, 0.05) is 17.8 Å². The van der Waals surface area contributed by atoms with Crippen LogP contribution >= 0.6 is 11.3 Å². The molecular formula is C10H13NO3S. The molecule has 0 saturated carbocycles. The molecule has 0 spiro atoms. The fraction of sp³-hybridized carbons (Fsp3) is 0.400. The molecule has 82 valence electrons. The third kappa shape index (κ3) is 5.17. The number of hydrogen-bond acceptors (Lipinski definition) is 3. The van der Waals surface area contributed by atoms with E-state index in [-0.39, 0.29) is 18.9 Å². The molecule has 1 aromatic heterocycles. The van der Waals surface area contributed by atoms with Crippen molar-refractivity contribution in [3.05, 3.63) is 22.4 Å². The molecule has 0 fully saturated rings. The van der Waals surface area contributed by atoms with Gasteiger partial charge in [-0.15, -0.1) is 11.3 Å². The Morgan fingerprint density at radius 2 is 2.20 bits per heavy atom. The number of aryl methyl sites for hydroxylation is 1. The quantitative estimate of drug-likeness (QED) is 0.769. The maximum absolute atomic E-state index is 11.2. The smallest absolute Gasteiger partial charge is 0.305 e. The maximum atomic E-state index is 11.2. The van der Waals surface area contributed by atoms with E-state index in [1.807, 2.05) is 17.5 Å². The van der Waals surface area contributed by atoms with Gasteiger partial charge in [0.2, 0.25) is 5.91 Å². The van der Waals surface area contributed by atoms with Crippen molar-refractivity contribution in [2.24, 2.45) is 0 Å². The van der Waals surface area contributed by atoms with Gasteiger partial charge in [0.15, 0.2) is 0 Å². The highest BCUT2D eigenvalue weighted by atomic mass is 32.1. The summed E-state index contributed by atoms with van der Waals surface area (Å²) in [5.74, 6) is -0.988. The van der Waals surface area contributed by atoms with Gasteiger partial charge in [-0.1, -0.05) is 6.07 Å². The van der Waals surface area contributed by atoms with Crippen LogP contribution in [0.5, 0.6) is 0 Å². The average Bonchev–Trinajstić information content (AvgIpc) is 2.66. The van der Waals surface area contributed by atoms with E-state index in [0.717, 1.165) is 6.42 Å². The minimum Gasteiger partial charge on any atom is -0.481 e. The second-order valence-corrected chi connectivity index (χ2v) is 4.11. The van der Waals surface area contributed by atoms with Crippen LogP contribution in [0.15, 0.2) is 17.5 Å². The second-order valence-electron chi connectivity index (χ2n) is 3.07. The lowest BCUT2D eigenvalue weighted by Gasteiger charge is -2.01. The van der Waals surface area contributed by atoms with Gasteiger partial charge in [0.05, 0.1) is 6.42 Å². The highest BCUT2D eigenvalue weighted by Gasteiger charge is 2.03. The van der Waals surface area contributed by atoms with E-state index in [4.69, 9.17) is 5.11 Å². The van der Waals surface area contributed by atoms with Gasteiger partial charge in [-0.2, -0.15) is 0 Å². The third-order valence-electron chi connectivity index (χ3n) is 1.84. The number of carbonyl (C=O) groups is 2. The predicted molar refractivity (Wildman–Crippen MR) is 57.9 cm³/mol. The van der Waals surface area contributed by atoms with Gasteiger partial charge in [0.1, 0.15) is 0 Å². The molecule has 0 saturated heterocycles. The largest absolute Gasteiger partial charge is 0.481 e. The second kappa shape index (κ2) is 6.19. The minimum absolute atomic E-state index is 0.0231. The Hall–Kier alpha value is -1.36. The molecule has 15 heavy (non-hydrogen) atoms. The van der Waals surface area contributed by atoms with Crippen molar-refractivity contribution < 1.29 is 14.7 Å². The van der Waals surface area contributed by atoms with Gasteiger partial charge in [-0.25, -0.2) is 0 Å². The Morgan fingerprint density at radius 3 is 2.80 bits per heavy atom. The summed E-state index contributed by atoms with van der Waals surface area (Å²) in [4.78, 5) is 22.6. The number of rotatable bonds is 6. The lowest BCUT2D eigenvalue weighted by molar-refractivity contribution is -0.136. The number of carbonyl (C=O) groups excluding carboxylic acids is 1. The molecule has 1 amide bonds. The first-order valence-electron chi connectivity index (χ1n) is 4.69. The van der Waals surface area contributed by atoms with Crippen molar-refractivity contribution in [3.8, 4) is 0 Å². The minimum atomic E-state index is -0.895. The van der Waals surface area contributed by atoms with Crippen molar-refractivity contribution >= 4 is 23.2 Å². The van der Waals surface area contributed by atoms with Crippen LogP contribution in [-0.2, 0) is 16.0 Å². The molecule has 4 nitrogen and oxygen atoms in total. The molecule has 0 aliphatic carbocycles. The van der Waals surface area contributed by atoms with Gasteiger partial charge >= 0.3 is 5.97 Å². The van der Waals surface area contributed by atoms with Gasteiger partial charge in [0.25, 0.3) is 0 Å². The van der Waals surface area contributed by atoms with Crippen LogP contribution in [0.25, 0.3) is 0 Å². The Labute approximate surface area is 91.9 Å². The maximum Gasteiger partial charge on any atom is 0.305 e. The van der Waals surface area contributed by atoms with Crippen molar-refractivity contribution in [2.45, 2.75) is 19.3 Å². The zero-order chi connectivity index (χ0) is 11.1. The van der Waals surface area contributed by atoms with E-state index in [1.165, 1.54) is 4.88 Å². The summed E-state index contributed by atoms with van der Waals surface area (Å²) in [5.41, 5.74) is 0. The number of thiophene rings is 1. The molecule has 1 rings (SSSR count). The van der Waals surface area contributed by atoms with Crippen LogP contribution < -0.4 is 5.32 Å². The average molecular weight is 227 g/mol. The fourth-order valence-corrected chi connectivity index (χ4v) is 1.80. The van der Waals surface area contributed by atoms with Crippen molar-refractivity contribution in [2.75, 3.05) is 6.54 Å². The normalized spacial score (nSPS) is 9.87. The Morgan fingerprint density at radius 1 is 1.40 bits per heavy atom. The molecule has 0 bridgehead atoms. The van der Waals surface area contributed by atoms with Crippen LogP contribution in [-0.4, -0.2) is 23.5 Å². The van der Waals surface area contributed by atoms with Crippen LogP contribution in [0.4, 0.5) is 0 Å². The number of carboxylic acids is 1. The van der Waals surface area contributed by atoms with E-state index in [0.29, 0.717) is 6.42 Å². The summed E-state index contributed by atoms with van der Waals surface area (Å²) >= 11 is 1.62. The summed E-state index contributed by atoms with van der Waals surface area (Å²) in [6, 6.07) is 3.93. The van der Waals surface area contributed by atoms with Crippen LogP contribution in [0.1, 0.15) is 17.7 Å². The summed E-state index contributed by atoms with van der Waals surface area (Å²) in [7, 11) is 0. The Balaban J connectivity index is 2.11. The summed E-state index contributed by atoms with van der Waals surface area (Å²) in [5, 5.41) is 12.9. The fourth-order valence-electron chi connectivity index (χ4n) is 1.09. The predicted octanol–water partition coefficient (Wildman–Crippen LogP) is 1.27. The van der Waals surface area contributed by atoms with E-state index in [1.54, 1.807) is 11.3 Å². The van der Waals surface area contributed by atoms with E-state index < -0.39 is 5.97 Å². The van der Waals surface area contributed by atoms with Crippen LogP contribution in [0.2, 0.25) is 0 Å². The molecule has 5 heteroatoms. The third-order valence-corrected chi connectivity index (χ3v) is 2.78. The number of nitrogens with one attached hydrogen (secondary N) is 1. The highest BCUT2D eigenvalue weighted by Crippen LogP contribution is 2.10. The molecule has 2 N–H and O–H groups in total. The summed E-state index contributed by atoms with van der Waals surface area (Å²) in [6.07, 6.45) is 1.11. The molecule has 0 aromatic carbocycles. The molecule has 0 radical (unpaired) electrons. The van der Waals surface area contributed by atoms with E-state index in [9.17, 15) is 9.59 Å². The van der Waals surface area contributed by atoms with Crippen molar-refractivity contribution in [1.29, 1.82) is 0 Å². The first-order valence-corrected chi connectivity index (χ1v) is 5.57. The SMILES string of the molecule is O=C(O)CCNC(=O)CCc1cccs1. The number of hydrogen-bond donors (Lipinski definition) is 2. The standard InChI is InChI=1S/C10H13NO3S/c12-9(11-6-5-10(13)14)4-3-8-2-1-7-15-8/h1-2,7H,3-6H2,(H,11,12)(H,13,14). The molecular weight excluding hydrogens is 214 g/mol. The first kappa shape index (κ1) is 11.7. The van der Waals surface area contributed by atoms with Crippen molar-refractivity contribution in [1.82, 2.24) is 5.32 Å². The molecule has 1 aromatic rings. The number of aliphatic carboxylic acids is 1. The van der Waals surface area contributed by atoms with E-state index in [2.05, 4.69) is 5.32 Å². The Bertz CT molecular complexity index is 321. The highest BCUT2D eigenvalue weighted by molar-refractivity contribution is 7.09. The van der Waals surface area contributed by atoms with Gasteiger partial charge in [-0.3, -0.25) is 9.59 Å². The van der Waals surface area contributed by atoms with Crippen LogP contribution in [0.3, 0.4) is 0 Å².